The van der Waals surface area contributed by atoms with Crippen molar-refractivity contribution in [2.75, 3.05) is 0 Å². The highest BCUT2D eigenvalue weighted by atomic mass is 16.1. The molecule has 0 heterocycles. The predicted molar refractivity (Wildman–Crippen MR) is 61.2 cm³/mol. The summed E-state index contributed by atoms with van der Waals surface area (Å²) in [6, 6.07) is -0.325. The van der Waals surface area contributed by atoms with Crippen LogP contribution in [0.2, 0.25) is 0 Å². The lowest BCUT2D eigenvalue weighted by molar-refractivity contribution is -0.116. The summed E-state index contributed by atoms with van der Waals surface area (Å²) in [5.41, 5.74) is 6.30. The molecule has 0 aliphatic heterocycles. The van der Waals surface area contributed by atoms with E-state index >= 15 is 0 Å². The standard InChI is InChI=1S/C12H23NO/c1-4-5-6-7-8-9-11(13)12(14)10(2)3/h11H,2,4-9,13H2,1,3H3. The van der Waals surface area contributed by atoms with Gasteiger partial charge in [-0.2, -0.15) is 0 Å². The van der Waals surface area contributed by atoms with Crippen molar-refractivity contribution >= 4 is 5.78 Å². The van der Waals surface area contributed by atoms with Gasteiger partial charge in [0.25, 0.3) is 0 Å². The lowest BCUT2D eigenvalue weighted by atomic mass is 10.0. The van der Waals surface area contributed by atoms with Crippen molar-refractivity contribution in [3.05, 3.63) is 12.2 Å². The molecule has 14 heavy (non-hydrogen) atoms. The van der Waals surface area contributed by atoms with Crippen LogP contribution in [-0.2, 0) is 4.79 Å². The Labute approximate surface area is 87.6 Å². The van der Waals surface area contributed by atoms with Crippen molar-refractivity contribution in [2.45, 2.75) is 58.4 Å². The molecule has 0 rings (SSSR count). The maximum Gasteiger partial charge on any atom is 0.174 e. The van der Waals surface area contributed by atoms with E-state index in [9.17, 15) is 4.79 Å². The molecule has 1 unspecified atom stereocenters. The number of Topliss-reactive ketones (excluding diaryl/α,β-unsaturated/α-hetero) is 1. The van der Waals surface area contributed by atoms with E-state index in [0.717, 1.165) is 12.8 Å². The van der Waals surface area contributed by atoms with E-state index in [0.29, 0.717) is 5.57 Å². The Morgan fingerprint density at radius 2 is 1.86 bits per heavy atom. The minimum absolute atomic E-state index is 0.0143. The average Bonchev–Trinajstić information content (AvgIpc) is 2.16. The third-order valence-corrected chi connectivity index (χ3v) is 2.38. The van der Waals surface area contributed by atoms with Crippen molar-refractivity contribution in [1.82, 2.24) is 0 Å². The van der Waals surface area contributed by atoms with Crippen LogP contribution in [0.3, 0.4) is 0 Å². The fourth-order valence-corrected chi connectivity index (χ4v) is 1.42. The maximum absolute atomic E-state index is 11.3. The monoisotopic (exact) mass is 197 g/mol. The molecule has 0 fully saturated rings. The van der Waals surface area contributed by atoms with Gasteiger partial charge in [-0.1, -0.05) is 45.6 Å². The molecule has 0 amide bonds. The van der Waals surface area contributed by atoms with Gasteiger partial charge >= 0.3 is 0 Å². The Bertz CT molecular complexity index is 187. The average molecular weight is 197 g/mol. The largest absolute Gasteiger partial charge is 0.321 e. The van der Waals surface area contributed by atoms with Crippen molar-refractivity contribution < 1.29 is 4.79 Å². The van der Waals surface area contributed by atoms with Crippen LogP contribution in [0.5, 0.6) is 0 Å². The zero-order chi connectivity index (χ0) is 11.0. The number of carbonyl (C=O) groups excluding carboxylic acids is 1. The summed E-state index contributed by atoms with van der Waals surface area (Å²) in [4.78, 5) is 11.3. The number of rotatable bonds is 8. The van der Waals surface area contributed by atoms with Crippen molar-refractivity contribution in [2.24, 2.45) is 5.73 Å². The molecular weight excluding hydrogens is 174 g/mol. The first-order chi connectivity index (χ1) is 6.59. The Kier molecular flexibility index (Phi) is 7.40. The predicted octanol–water partition coefficient (Wildman–Crippen LogP) is 2.82. The minimum atomic E-state index is -0.325. The summed E-state index contributed by atoms with van der Waals surface area (Å²) in [6.45, 7) is 7.52. The Hall–Kier alpha value is -0.630. The van der Waals surface area contributed by atoms with E-state index in [-0.39, 0.29) is 11.8 Å². The molecule has 2 heteroatoms. The molecule has 0 spiro atoms. The molecule has 0 aromatic heterocycles. The first-order valence-corrected chi connectivity index (χ1v) is 5.55. The fraction of sp³-hybridized carbons (Fsp3) is 0.750. The van der Waals surface area contributed by atoms with Gasteiger partial charge in [-0.3, -0.25) is 4.79 Å². The minimum Gasteiger partial charge on any atom is -0.321 e. The molecule has 0 aromatic carbocycles. The third kappa shape index (κ3) is 5.92. The van der Waals surface area contributed by atoms with Crippen LogP contribution in [0, 0.1) is 0 Å². The second-order valence-corrected chi connectivity index (χ2v) is 3.95. The molecule has 2 N–H and O–H groups in total. The van der Waals surface area contributed by atoms with E-state index < -0.39 is 0 Å². The quantitative estimate of drug-likeness (QED) is 0.480. The van der Waals surface area contributed by atoms with Gasteiger partial charge in [0, 0.05) is 0 Å². The van der Waals surface area contributed by atoms with Crippen LogP contribution in [-0.4, -0.2) is 11.8 Å². The molecule has 0 aliphatic carbocycles. The summed E-state index contributed by atoms with van der Waals surface area (Å²) in [5.74, 6) is 0.0143. The number of hydrogen-bond acceptors (Lipinski definition) is 2. The SMILES string of the molecule is C=C(C)C(=O)C(N)CCCCCCC. The first kappa shape index (κ1) is 13.4. The lowest BCUT2D eigenvalue weighted by Gasteiger charge is -2.09. The van der Waals surface area contributed by atoms with Crippen LogP contribution in [0.15, 0.2) is 12.2 Å². The smallest absolute Gasteiger partial charge is 0.174 e. The van der Waals surface area contributed by atoms with Crippen LogP contribution in [0.25, 0.3) is 0 Å². The Morgan fingerprint density at radius 1 is 1.29 bits per heavy atom. The second-order valence-electron chi connectivity index (χ2n) is 3.95. The topological polar surface area (TPSA) is 43.1 Å². The Balaban J connectivity index is 3.49. The normalized spacial score (nSPS) is 12.5. The van der Waals surface area contributed by atoms with Gasteiger partial charge in [0.2, 0.25) is 0 Å². The summed E-state index contributed by atoms with van der Waals surface area (Å²) < 4.78 is 0. The summed E-state index contributed by atoms with van der Waals surface area (Å²) in [5, 5.41) is 0. The van der Waals surface area contributed by atoms with E-state index in [1.807, 2.05) is 0 Å². The summed E-state index contributed by atoms with van der Waals surface area (Å²) >= 11 is 0. The number of unbranched alkanes of at least 4 members (excludes halogenated alkanes) is 4. The van der Waals surface area contributed by atoms with E-state index in [4.69, 9.17) is 5.73 Å². The number of ketones is 1. The van der Waals surface area contributed by atoms with Gasteiger partial charge in [-0.05, 0) is 18.9 Å². The van der Waals surface area contributed by atoms with Crippen LogP contribution in [0.4, 0.5) is 0 Å². The van der Waals surface area contributed by atoms with Gasteiger partial charge < -0.3 is 5.73 Å². The highest BCUT2D eigenvalue weighted by Crippen LogP contribution is 2.08. The third-order valence-electron chi connectivity index (χ3n) is 2.38. The van der Waals surface area contributed by atoms with Crippen molar-refractivity contribution in [1.29, 1.82) is 0 Å². The summed E-state index contributed by atoms with van der Waals surface area (Å²) in [7, 11) is 0. The second kappa shape index (κ2) is 7.74. The zero-order valence-electron chi connectivity index (χ0n) is 9.51. The van der Waals surface area contributed by atoms with Gasteiger partial charge in [0.1, 0.15) is 0 Å². The molecule has 0 aliphatic rings. The highest BCUT2D eigenvalue weighted by molar-refractivity contribution is 5.98. The molecule has 0 saturated carbocycles. The number of nitrogens with two attached hydrogens (primary N) is 1. The zero-order valence-corrected chi connectivity index (χ0v) is 9.51. The van der Waals surface area contributed by atoms with Crippen LogP contribution in [0.1, 0.15) is 52.4 Å². The maximum atomic E-state index is 11.3. The van der Waals surface area contributed by atoms with Crippen LogP contribution < -0.4 is 5.73 Å². The molecule has 0 radical (unpaired) electrons. The van der Waals surface area contributed by atoms with Crippen molar-refractivity contribution in [3.63, 3.8) is 0 Å². The molecule has 1 atom stereocenters. The lowest BCUT2D eigenvalue weighted by Crippen LogP contribution is -2.30. The highest BCUT2D eigenvalue weighted by Gasteiger charge is 2.12. The molecule has 0 bridgehead atoms. The van der Waals surface area contributed by atoms with Crippen LogP contribution >= 0.6 is 0 Å². The molecule has 0 saturated heterocycles. The number of carbonyl (C=O) groups is 1. The van der Waals surface area contributed by atoms with Gasteiger partial charge in [0.05, 0.1) is 6.04 Å². The van der Waals surface area contributed by atoms with E-state index in [1.165, 1.54) is 25.7 Å². The van der Waals surface area contributed by atoms with Gasteiger partial charge in [-0.15, -0.1) is 0 Å². The molecule has 82 valence electrons. The molecule has 2 nitrogen and oxygen atoms in total. The van der Waals surface area contributed by atoms with Crippen molar-refractivity contribution in [3.8, 4) is 0 Å². The summed E-state index contributed by atoms with van der Waals surface area (Å²) in [6.07, 6.45) is 6.82. The van der Waals surface area contributed by atoms with Gasteiger partial charge in [0.15, 0.2) is 5.78 Å². The molecule has 0 aromatic rings. The van der Waals surface area contributed by atoms with Gasteiger partial charge in [-0.25, -0.2) is 0 Å². The first-order valence-electron chi connectivity index (χ1n) is 5.55. The van der Waals surface area contributed by atoms with E-state index in [1.54, 1.807) is 6.92 Å². The number of hydrogen-bond donors (Lipinski definition) is 1. The molecular formula is C12H23NO. The Morgan fingerprint density at radius 3 is 2.36 bits per heavy atom. The van der Waals surface area contributed by atoms with E-state index in [2.05, 4.69) is 13.5 Å². The fourth-order valence-electron chi connectivity index (χ4n) is 1.42.